The van der Waals surface area contributed by atoms with Crippen molar-refractivity contribution in [2.24, 2.45) is 16.5 Å². The molecule has 0 saturated carbocycles. The minimum atomic E-state index is -4.96. The number of halogens is 6. The number of hydrogen-bond acceptors (Lipinski definition) is 12. The molecule has 0 radical (unpaired) electrons. The second-order valence-corrected chi connectivity index (χ2v) is 15.6. The smallest absolute Gasteiger partial charge is 0.416 e. The van der Waals surface area contributed by atoms with E-state index in [0.29, 0.717) is 114 Å². The standard InChI is InChI=1S/C42H52F6N12O6/c1-23(49)54-12-6-5-9-36(62)58-29-16-25(42(46,47)48)18-31(38(29)66-27-11-14-53-21-27)60-40(64)33-19-32(55-22-56-33)39(63)59-30-17-24(41(43,44)45)15-28(37(30)65-26-10-13-52-20-26)57-35(61)8-4-2-3-7-34(50)51/h15-19,22,26-27,52-53H,2-14,20-21H2,1H3,(H2,49,54)(H3,50,51)(H,57,61)(H,58,62)(H,59,63)(H,60,64)/t26-,27-/m0/s1. The van der Waals surface area contributed by atoms with Crippen molar-refractivity contribution in [3.05, 3.63) is 59.2 Å². The molecule has 11 N–H and O–H groups in total. The largest absolute Gasteiger partial charge is 0.485 e. The van der Waals surface area contributed by atoms with E-state index in [1.54, 1.807) is 6.92 Å². The highest BCUT2D eigenvalue weighted by molar-refractivity contribution is 6.09. The quantitative estimate of drug-likeness (QED) is 0.0265. The zero-order valence-corrected chi connectivity index (χ0v) is 35.9. The lowest BCUT2D eigenvalue weighted by molar-refractivity contribution is -0.138. The van der Waals surface area contributed by atoms with Crippen molar-refractivity contribution in [1.82, 2.24) is 20.6 Å². The van der Waals surface area contributed by atoms with E-state index < -0.39 is 82.1 Å². The molecule has 18 nitrogen and oxygen atoms in total. The van der Waals surface area contributed by atoms with Crippen molar-refractivity contribution in [3.63, 3.8) is 0 Å². The summed E-state index contributed by atoms with van der Waals surface area (Å²) in [7, 11) is 0. The Kier molecular flexibility index (Phi) is 17.6. The minimum Gasteiger partial charge on any atom is -0.485 e. The van der Waals surface area contributed by atoms with Crippen LogP contribution in [0.2, 0.25) is 0 Å². The molecule has 1 aromatic heterocycles. The molecule has 2 fully saturated rings. The van der Waals surface area contributed by atoms with Crippen LogP contribution in [0.3, 0.4) is 0 Å². The van der Waals surface area contributed by atoms with Crippen LogP contribution in [0, 0.1) is 5.41 Å². The van der Waals surface area contributed by atoms with Gasteiger partial charge < -0.3 is 52.8 Å². The van der Waals surface area contributed by atoms with E-state index >= 15 is 0 Å². The maximum Gasteiger partial charge on any atom is 0.416 e. The summed E-state index contributed by atoms with van der Waals surface area (Å²) in [6, 6.07) is 3.46. The number of carbonyl (C=O) groups excluding carboxylic acids is 4. The van der Waals surface area contributed by atoms with Gasteiger partial charge in [0.25, 0.3) is 11.8 Å². The fraction of sp³-hybridized carbons (Fsp3) is 0.476. The number of unbranched alkanes of at least 4 members (excludes halogenated alkanes) is 3. The third-order valence-electron chi connectivity index (χ3n) is 10.1. The van der Waals surface area contributed by atoms with Gasteiger partial charge >= 0.3 is 12.4 Å². The van der Waals surface area contributed by atoms with Crippen LogP contribution in [-0.2, 0) is 21.9 Å². The zero-order chi connectivity index (χ0) is 48.0. The van der Waals surface area contributed by atoms with Crippen LogP contribution in [-0.4, -0.2) is 90.2 Å². The molecule has 2 atom stereocenters. The van der Waals surface area contributed by atoms with Crippen molar-refractivity contribution >= 4 is 58.0 Å². The lowest BCUT2D eigenvalue weighted by atomic mass is 10.1. The molecular formula is C42H52F6N12O6. The van der Waals surface area contributed by atoms with E-state index in [0.717, 1.165) is 12.4 Å². The first-order valence-electron chi connectivity index (χ1n) is 21.2. The number of aromatic nitrogens is 2. The number of ether oxygens (including phenoxy) is 2. The fourth-order valence-corrected chi connectivity index (χ4v) is 6.84. The van der Waals surface area contributed by atoms with Gasteiger partial charge in [-0.1, -0.05) is 6.42 Å². The Morgan fingerprint density at radius 1 is 0.682 bits per heavy atom. The average Bonchev–Trinajstić information content (AvgIpc) is 3.97. The number of amidine groups is 2. The summed E-state index contributed by atoms with van der Waals surface area (Å²) >= 11 is 0. The topological polar surface area (TPSA) is 273 Å². The van der Waals surface area contributed by atoms with Crippen LogP contribution in [0.5, 0.6) is 11.5 Å². The van der Waals surface area contributed by atoms with Gasteiger partial charge in [0, 0.05) is 45.0 Å². The van der Waals surface area contributed by atoms with E-state index in [1.807, 2.05) is 0 Å². The van der Waals surface area contributed by atoms with E-state index in [-0.39, 0.29) is 41.6 Å². The van der Waals surface area contributed by atoms with Gasteiger partial charge in [-0.05, 0) is 82.8 Å². The molecule has 0 unspecified atom stereocenters. The van der Waals surface area contributed by atoms with E-state index in [2.05, 4.69) is 46.9 Å². The Balaban J connectivity index is 1.43. The summed E-state index contributed by atoms with van der Waals surface area (Å²) in [5.74, 6) is -3.78. The number of aliphatic imine (C=N–C) groups is 1. The Labute approximate surface area is 375 Å². The highest BCUT2D eigenvalue weighted by Gasteiger charge is 2.36. The lowest BCUT2D eigenvalue weighted by Gasteiger charge is -2.22. The Hall–Kier alpha value is -6.56. The molecule has 66 heavy (non-hydrogen) atoms. The predicted molar refractivity (Wildman–Crippen MR) is 233 cm³/mol. The van der Waals surface area contributed by atoms with Crippen LogP contribution in [0.15, 0.2) is 41.7 Å². The molecule has 3 aromatic rings. The SMILES string of the molecule is CC(N)=NCCCCC(=O)Nc1cc(C(F)(F)F)cc(NC(=O)c2cc(C(=O)Nc3cc(C(F)(F)F)cc(NC(=O)CCCCCC(=N)N)c3O[C@H]3CCNC3)ncn2)c1O[C@H]1CCNC1. The molecule has 5 rings (SSSR count). The normalized spacial score (nSPS) is 16.4. The first-order valence-corrected chi connectivity index (χ1v) is 21.2. The zero-order valence-electron chi connectivity index (χ0n) is 35.9. The van der Waals surface area contributed by atoms with E-state index in [1.165, 1.54) is 0 Å². The molecule has 2 saturated heterocycles. The van der Waals surface area contributed by atoms with Crippen LogP contribution >= 0.6 is 0 Å². The van der Waals surface area contributed by atoms with Gasteiger partial charge in [0.2, 0.25) is 11.8 Å². The number of nitrogens with one attached hydrogen (secondary N) is 7. The van der Waals surface area contributed by atoms with E-state index in [4.69, 9.17) is 26.4 Å². The first-order chi connectivity index (χ1) is 31.3. The van der Waals surface area contributed by atoms with Gasteiger partial charge in [-0.2, -0.15) is 26.3 Å². The summed E-state index contributed by atoms with van der Waals surface area (Å²) in [4.78, 5) is 65.4. The van der Waals surface area contributed by atoms with Gasteiger partial charge in [-0.15, -0.1) is 0 Å². The van der Waals surface area contributed by atoms with Crippen molar-refractivity contribution in [2.75, 3.05) is 54.0 Å². The molecule has 0 spiro atoms. The number of carbonyl (C=O) groups is 4. The fourth-order valence-electron chi connectivity index (χ4n) is 6.84. The number of nitrogens with two attached hydrogens (primary N) is 2. The predicted octanol–water partition coefficient (Wildman–Crippen LogP) is 5.81. The third kappa shape index (κ3) is 15.3. The number of amides is 4. The lowest BCUT2D eigenvalue weighted by Crippen LogP contribution is -2.24. The Morgan fingerprint density at radius 3 is 1.50 bits per heavy atom. The maximum absolute atomic E-state index is 14.3. The number of alkyl halides is 6. The van der Waals surface area contributed by atoms with Gasteiger partial charge in [-0.25, -0.2) is 9.97 Å². The molecule has 24 heteroatoms. The van der Waals surface area contributed by atoms with Gasteiger partial charge in [0.15, 0.2) is 11.5 Å². The summed E-state index contributed by atoms with van der Waals surface area (Å²) < 4.78 is 98.0. The monoisotopic (exact) mass is 934 g/mol. The van der Waals surface area contributed by atoms with Gasteiger partial charge in [0.05, 0.1) is 45.5 Å². The molecular weight excluding hydrogens is 883 g/mol. The highest BCUT2D eigenvalue weighted by atomic mass is 19.4. The van der Waals surface area contributed by atoms with E-state index in [9.17, 15) is 45.5 Å². The van der Waals surface area contributed by atoms with Crippen molar-refractivity contribution in [2.45, 2.75) is 95.7 Å². The van der Waals surface area contributed by atoms with Crippen molar-refractivity contribution < 1.29 is 55.0 Å². The summed E-state index contributed by atoms with van der Waals surface area (Å²) in [6.07, 6.45) is -7.00. The molecule has 358 valence electrons. The van der Waals surface area contributed by atoms with Crippen LogP contribution < -0.4 is 52.8 Å². The minimum absolute atomic E-state index is 0.0144. The van der Waals surface area contributed by atoms with Crippen molar-refractivity contribution in [3.8, 4) is 11.5 Å². The number of benzene rings is 2. The number of rotatable bonds is 21. The molecule has 2 aliphatic rings. The molecule has 3 heterocycles. The van der Waals surface area contributed by atoms with Crippen LogP contribution in [0.25, 0.3) is 0 Å². The van der Waals surface area contributed by atoms with Crippen LogP contribution in [0.1, 0.15) is 103 Å². The molecule has 4 amide bonds. The number of hydrogen-bond donors (Lipinski definition) is 9. The molecule has 2 aliphatic heterocycles. The Morgan fingerprint density at radius 2 is 1.11 bits per heavy atom. The van der Waals surface area contributed by atoms with Gasteiger partial charge in [-0.3, -0.25) is 29.6 Å². The Bertz CT molecular complexity index is 2260. The molecule has 2 aromatic carbocycles. The average molecular weight is 935 g/mol. The number of nitrogens with zero attached hydrogens (tertiary/aromatic N) is 3. The molecule has 0 aliphatic carbocycles. The molecule has 0 bridgehead atoms. The van der Waals surface area contributed by atoms with Crippen molar-refractivity contribution in [1.29, 1.82) is 5.41 Å². The second-order valence-electron chi connectivity index (χ2n) is 15.6. The summed E-state index contributed by atoms with van der Waals surface area (Å²) in [6.45, 7) is 3.61. The van der Waals surface area contributed by atoms with Gasteiger partial charge in [0.1, 0.15) is 29.9 Å². The van der Waals surface area contributed by atoms with Crippen LogP contribution in [0.4, 0.5) is 49.1 Å². The highest BCUT2D eigenvalue weighted by Crippen LogP contribution is 2.43. The second kappa shape index (κ2) is 23.1. The first kappa shape index (κ1) is 50.4. The summed E-state index contributed by atoms with van der Waals surface area (Å²) in [5.41, 5.74) is 5.59. The maximum atomic E-state index is 14.3. The third-order valence-corrected chi connectivity index (χ3v) is 10.1. The number of anilines is 4. The summed E-state index contributed by atoms with van der Waals surface area (Å²) in [5, 5.41) is 23.1.